The molecule has 0 aliphatic carbocycles. The van der Waals surface area contributed by atoms with E-state index in [1.807, 2.05) is 12.1 Å². The third-order valence-electron chi connectivity index (χ3n) is 3.12. The first kappa shape index (κ1) is 17.5. The first-order valence-corrected chi connectivity index (χ1v) is 7.64. The normalized spacial score (nSPS) is 10.4. The molecule has 118 valence electrons. The molecule has 4 heteroatoms. The van der Waals surface area contributed by atoms with Gasteiger partial charge in [-0.15, -0.1) is 0 Å². The van der Waals surface area contributed by atoms with Crippen molar-refractivity contribution in [1.82, 2.24) is 0 Å². The quantitative estimate of drug-likeness (QED) is 0.484. The van der Waals surface area contributed by atoms with Gasteiger partial charge in [-0.25, -0.2) is 4.79 Å². The van der Waals surface area contributed by atoms with Gasteiger partial charge in [0.15, 0.2) is 0 Å². The van der Waals surface area contributed by atoms with Crippen LogP contribution >= 0.6 is 0 Å². The number of esters is 1. The number of ether oxygens (including phenoxy) is 3. The fraction of sp³-hybridized carbons (Fsp3) is 0.588. The van der Waals surface area contributed by atoms with Gasteiger partial charge in [0.2, 0.25) is 0 Å². The number of unbranched alkanes of at least 4 members (excludes halogenated alkanes) is 2. The molecule has 0 fully saturated rings. The van der Waals surface area contributed by atoms with Crippen molar-refractivity contribution in [3.05, 3.63) is 29.3 Å². The summed E-state index contributed by atoms with van der Waals surface area (Å²) in [7, 11) is 1.37. The van der Waals surface area contributed by atoms with E-state index in [1.54, 1.807) is 6.07 Å². The number of carbonyl (C=O) groups excluding carboxylic acids is 1. The second-order valence-electron chi connectivity index (χ2n) is 4.93. The van der Waals surface area contributed by atoms with Gasteiger partial charge in [-0.2, -0.15) is 0 Å². The summed E-state index contributed by atoms with van der Waals surface area (Å²) >= 11 is 0. The van der Waals surface area contributed by atoms with Gasteiger partial charge in [0.1, 0.15) is 11.3 Å². The summed E-state index contributed by atoms with van der Waals surface area (Å²) in [4.78, 5) is 11.7. The molecule has 0 amide bonds. The van der Waals surface area contributed by atoms with Gasteiger partial charge in [0.05, 0.1) is 20.3 Å². The van der Waals surface area contributed by atoms with Crippen LogP contribution in [0, 0.1) is 0 Å². The highest BCUT2D eigenvalue weighted by atomic mass is 16.5. The van der Waals surface area contributed by atoms with Crippen LogP contribution in [0.2, 0.25) is 0 Å². The standard InChI is InChI=1S/C17H26O4/c1-4-6-10-20-13-14-8-9-15(17(18)19-3)16(12-14)21-11-7-5-2/h8-9,12H,4-7,10-11,13H2,1-3H3. The Morgan fingerprint density at radius 3 is 2.48 bits per heavy atom. The van der Waals surface area contributed by atoms with E-state index in [2.05, 4.69) is 13.8 Å². The predicted octanol–water partition coefficient (Wildman–Crippen LogP) is 3.97. The molecule has 0 saturated carbocycles. The minimum absolute atomic E-state index is 0.375. The molecule has 0 heterocycles. The summed E-state index contributed by atoms with van der Waals surface area (Å²) in [6.45, 7) is 6.12. The van der Waals surface area contributed by atoms with Gasteiger partial charge in [-0.3, -0.25) is 0 Å². The molecule has 0 unspecified atom stereocenters. The third-order valence-corrected chi connectivity index (χ3v) is 3.12. The molecule has 0 aliphatic heterocycles. The van der Waals surface area contributed by atoms with Crippen LogP contribution in [0.5, 0.6) is 5.75 Å². The van der Waals surface area contributed by atoms with Crippen molar-refractivity contribution >= 4 is 5.97 Å². The third kappa shape index (κ3) is 6.17. The Bertz CT molecular complexity index is 429. The van der Waals surface area contributed by atoms with Crippen LogP contribution in [0.15, 0.2) is 18.2 Å². The van der Waals surface area contributed by atoms with Gasteiger partial charge in [0, 0.05) is 6.61 Å². The maximum absolute atomic E-state index is 11.7. The molecular weight excluding hydrogens is 268 g/mol. The highest BCUT2D eigenvalue weighted by Crippen LogP contribution is 2.22. The lowest BCUT2D eigenvalue weighted by atomic mass is 10.1. The maximum Gasteiger partial charge on any atom is 0.341 e. The molecule has 0 atom stereocenters. The van der Waals surface area contributed by atoms with Crippen LogP contribution in [0.3, 0.4) is 0 Å². The fourth-order valence-electron chi connectivity index (χ4n) is 1.82. The molecule has 0 bridgehead atoms. The number of carbonyl (C=O) groups is 1. The Morgan fingerprint density at radius 1 is 1.10 bits per heavy atom. The fourth-order valence-corrected chi connectivity index (χ4v) is 1.82. The summed E-state index contributed by atoms with van der Waals surface area (Å²) in [6, 6.07) is 5.49. The first-order valence-electron chi connectivity index (χ1n) is 7.64. The van der Waals surface area contributed by atoms with Crippen molar-refractivity contribution in [2.24, 2.45) is 0 Å². The highest BCUT2D eigenvalue weighted by Gasteiger charge is 2.13. The zero-order valence-electron chi connectivity index (χ0n) is 13.3. The Labute approximate surface area is 127 Å². The SMILES string of the molecule is CCCCOCc1ccc(C(=O)OC)c(OCCCC)c1. The predicted molar refractivity (Wildman–Crippen MR) is 82.7 cm³/mol. The van der Waals surface area contributed by atoms with Crippen molar-refractivity contribution in [3.8, 4) is 5.75 Å². The number of rotatable bonds is 10. The smallest absolute Gasteiger partial charge is 0.341 e. The van der Waals surface area contributed by atoms with E-state index in [1.165, 1.54) is 7.11 Å². The van der Waals surface area contributed by atoms with Crippen molar-refractivity contribution in [3.63, 3.8) is 0 Å². The van der Waals surface area contributed by atoms with Crippen LogP contribution in [-0.4, -0.2) is 26.3 Å². The van der Waals surface area contributed by atoms with E-state index >= 15 is 0 Å². The monoisotopic (exact) mass is 294 g/mol. The summed E-state index contributed by atoms with van der Waals surface area (Å²) in [5.41, 5.74) is 1.47. The largest absolute Gasteiger partial charge is 0.493 e. The van der Waals surface area contributed by atoms with E-state index in [0.717, 1.165) is 37.9 Å². The zero-order chi connectivity index (χ0) is 15.5. The van der Waals surface area contributed by atoms with Crippen molar-refractivity contribution < 1.29 is 19.0 Å². The van der Waals surface area contributed by atoms with Crippen LogP contribution in [0.4, 0.5) is 0 Å². The topological polar surface area (TPSA) is 44.8 Å². The van der Waals surface area contributed by atoms with Gasteiger partial charge >= 0.3 is 5.97 Å². The Kier molecular flexibility index (Phi) is 8.51. The lowest BCUT2D eigenvalue weighted by Crippen LogP contribution is -2.07. The van der Waals surface area contributed by atoms with Crippen LogP contribution in [-0.2, 0) is 16.1 Å². The molecule has 0 N–H and O–H groups in total. The zero-order valence-corrected chi connectivity index (χ0v) is 13.3. The Morgan fingerprint density at radius 2 is 1.81 bits per heavy atom. The molecule has 0 aliphatic rings. The maximum atomic E-state index is 11.7. The summed E-state index contributed by atoms with van der Waals surface area (Å²) < 4.78 is 16.1. The van der Waals surface area contributed by atoms with Gasteiger partial charge < -0.3 is 14.2 Å². The summed E-state index contributed by atoms with van der Waals surface area (Å²) in [5, 5.41) is 0. The number of hydrogen-bond donors (Lipinski definition) is 0. The Hall–Kier alpha value is -1.55. The van der Waals surface area contributed by atoms with E-state index < -0.39 is 0 Å². The van der Waals surface area contributed by atoms with E-state index in [-0.39, 0.29) is 5.97 Å². The average Bonchev–Trinajstić information content (AvgIpc) is 2.51. The lowest BCUT2D eigenvalue weighted by molar-refractivity contribution is 0.0595. The van der Waals surface area contributed by atoms with E-state index in [4.69, 9.17) is 14.2 Å². The minimum Gasteiger partial charge on any atom is -0.493 e. The number of methoxy groups -OCH3 is 1. The highest BCUT2D eigenvalue weighted by molar-refractivity contribution is 5.92. The van der Waals surface area contributed by atoms with Gasteiger partial charge in [-0.1, -0.05) is 32.8 Å². The summed E-state index contributed by atoms with van der Waals surface area (Å²) in [6.07, 6.45) is 4.18. The van der Waals surface area contributed by atoms with Crippen molar-refractivity contribution in [2.75, 3.05) is 20.3 Å². The molecule has 21 heavy (non-hydrogen) atoms. The number of hydrogen-bond acceptors (Lipinski definition) is 4. The molecule has 0 spiro atoms. The van der Waals surface area contributed by atoms with Gasteiger partial charge in [-0.05, 0) is 30.5 Å². The second kappa shape index (κ2) is 10.2. The molecule has 0 radical (unpaired) electrons. The molecule has 0 aromatic heterocycles. The lowest BCUT2D eigenvalue weighted by Gasteiger charge is -2.12. The molecule has 4 nitrogen and oxygen atoms in total. The summed E-state index contributed by atoms with van der Waals surface area (Å²) in [5.74, 6) is 0.201. The average molecular weight is 294 g/mol. The molecular formula is C17H26O4. The number of benzene rings is 1. The van der Waals surface area contributed by atoms with Crippen LogP contribution in [0.1, 0.15) is 55.5 Å². The van der Waals surface area contributed by atoms with Crippen molar-refractivity contribution in [1.29, 1.82) is 0 Å². The van der Waals surface area contributed by atoms with E-state index in [0.29, 0.717) is 24.5 Å². The molecule has 1 rings (SSSR count). The Balaban J connectivity index is 2.74. The van der Waals surface area contributed by atoms with E-state index in [9.17, 15) is 4.79 Å². The molecule has 0 saturated heterocycles. The van der Waals surface area contributed by atoms with Gasteiger partial charge in [0.25, 0.3) is 0 Å². The molecule has 1 aromatic rings. The second-order valence-corrected chi connectivity index (χ2v) is 4.93. The molecule has 1 aromatic carbocycles. The first-order chi connectivity index (χ1) is 10.2. The minimum atomic E-state index is -0.375. The van der Waals surface area contributed by atoms with Crippen LogP contribution in [0.25, 0.3) is 0 Å². The van der Waals surface area contributed by atoms with Crippen molar-refractivity contribution in [2.45, 2.75) is 46.1 Å². The van der Waals surface area contributed by atoms with Crippen LogP contribution < -0.4 is 4.74 Å².